The Morgan fingerprint density at radius 3 is 2.45 bits per heavy atom. The van der Waals surface area contributed by atoms with Crippen LogP contribution in [-0.4, -0.2) is 24.2 Å². The number of hydrogen-bond donors (Lipinski definition) is 1. The number of ether oxygens (including phenoxy) is 1. The summed E-state index contributed by atoms with van der Waals surface area (Å²) >= 11 is 1.50. The molecule has 1 atom stereocenters. The van der Waals surface area contributed by atoms with Gasteiger partial charge in [0.25, 0.3) is 0 Å². The third-order valence-corrected chi connectivity index (χ3v) is 3.99. The molecule has 0 heterocycles. The van der Waals surface area contributed by atoms with Gasteiger partial charge in [0.1, 0.15) is 5.25 Å². The Balaban J connectivity index is 2.67. The summed E-state index contributed by atoms with van der Waals surface area (Å²) in [6, 6.07) is 7.46. The van der Waals surface area contributed by atoms with E-state index in [4.69, 9.17) is 4.74 Å². The molecule has 0 saturated carbocycles. The third-order valence-electron chi connectivity index (χ3n) is 2.74. The van der Waals surface area contributed by atoms with E-state index in [1.807, 2.05) is 24.3 Å². The first kappa shape index (κ1) is 16.6. The van der Waals surface area contributed by atoms with Crippen molar-refractivity contribution in [2.45, 2.75) is 43.3 Å². The van der Waals surface area contributed by atoms with E-state index in [-0.39, 0.29) is 17.1 Å². The topological polar surface area (TPSA) is 55.4 Å². The summed E-state index contributed by atoms with van der Waals surface area (Å²) in [4.78, 5) is 23.7. The monoisotopic (exact) mass is 295 g/mol. The molecule has 1 aromatic rings. The molecule has 1 N–H and O–H groups in total. The Bertz CT molecular complexity index is 445. The first-order valence-corrected chi connectivity index (χ1v) is 7.57. The zero-order valence-corrected chi connectivity index (χ0v) is 13.0. The Hall–Kier alpha value is -1.49. The van der Waals surface area contributed by atoms with Crippen LogP contribution in [0.2, 0.25) is 0 Å². The largest absolute Gasteiger partial charge is 0.468 e. The van der Waals surface area contributed by atoms with Crippen molar-refractivity contribution in [2.24, 2.45) is 0 Å². The van der Waals surface area contributed by atoms with Crippen LogP contribution in [0.3, 0.4) is 0 Å². The van der Waals surface area contributed by atoms with Gasteiger partial charge in [-0.05, 0) is 30.7 Å². The van der Waals surface area contributed by atoms with Crippen molar-refractivity contribution in [3.05, 3.63) is 24.3 Å². The zero-order chi connectivity index (χ0) is 15.0. The number of hydrogen-bond acceptors (Lipinski definition) is 4. The Labute approximate surface area is 124 Å². The lowest BCUT2D eigenvalue weighted by atomic mass is 10.2. The molecule has 0 aliphatic carbocycles. The fraction of sp³-hybridized carbons (Fsp3) is 0.467. The molecule has 0 spiro atoms. The second kappa shape index (κ2) is 8.64. The highest BCUT2D eigenvalue weighted by Gasteiger charge is 2.19. The van der Waals surface area contributed by atoms with Crippen LogP contribution in [0.4, 0.5) is 5.69 Å². The molecule has 1 amide bonds. The number of benzene rings is 1. The van der Waals surface area contributed by atoms with E-state index in [1.54, 1.807) is 0 Å². The number of esters is 1. The Kier molecular flexibility index (Phi) is 7.15. The van der Waals surface area contributed by atoms with Crippen molar-refractivity contribution in [1.82, 2.24) is 0 Å². The molecule has 0 aliphatic rings. The number of nitrogens with one attached hydrogen (secondary N) is 1. The molecular formula is C15H21NO3S. The van der Waals surface area contributed by atoms with Crippen LogP contribution in [-0.2, 0) is 14.3 Å². The fourth-order valence-electron chi connectivity index (χ4n) is 1.73. The number of methoxy groups -OCH3 is 1. The summed E-state index contributed by atoms with van der Waals surface area (Å²) in [7, 11) is 1.42. The highest BCUT2D eigenvalue weighted by molar-refractivity contribution is 8.00. The smallest absolute Gasteiger partial charge is 0.319 e. The summed E-state index contributed by atoms with van der Waals surface area (Å²) in [6.07, 6.45) is 2.85. The minimum atomic E-state index is -0.186. The van der Waals surface area contributed by atoms with E-state index >= 15 is 0 Å². The molecule has 0 aliphatic heterocycles. The number of thioether (sulfide) groups is 1. The standard InChI is InChI=1S/C15H21NO3S/c1-4-5-6-14(15(18)19-3)20-13-9-7-12(8-10-13)16-11(2)17/h7-10,14H,4-6H2,1-3H3,(H,16,17). The van der Waals surface area contributed by atoms with Crippen LogP contribution >= 0.6 is 11.8 Å². The number of carbonyl (C=O) groups is 2. The van der Waals surface area contributed by atoms with E-state index < -0.39 is 0 Å². The van der Waals surface area contributed by atoms with Crippen LogP contribution < -0.4 is 5.32 Å². The van der Waals surface area contributed by atoms with E-state index in [0.29, 0.717) is 0 Å². The molecule has 1 unspecified atom stereocenters. The lowest BCUT2D eigenvalue weighted by Gasteiger charge is -2.14. The van der Waals surface area contributed by atoms with Crippen molar-refractivity contribution in [1.29, 1.82) is 0 Å². The Morgan fingerprint density at radius 1 is 1.30 bits per heavy atom. The number of unbranched alkanes of at least 4 members (excludes halogenated alkanes) is 1. The van der Waals surface area contributed by atoms with Crippen LogP contribution in [0.1, 0.15) is 33.1 Å². The normalized spacial score (nSPS) is 11.8. The predicted octanol–water partition coefficient (Wildman–Crippen LogP) is 3.47. The number of carbonyl (C=O) groups excluding carboxylic acids is 2. The second-order valence-electron chi connectivity index (χ2n) is 4.48. The molecular weight excluding hydrogens is 274 g/mol. The van der Waals surface area contributed by atoms with Crippen LogP contribution in [0.5, 0.6) is 0 Å². The van der Waals surface area contributed by atoms with Crippen LogP contribution in [0, 0.1) is 0 Å². The van der Waals surface area contributed by atoms with Gasteiger partial charge in [0, 0.05) is 17.5 Å². The van der Waals surface area contributed by atoms with Gasteiger partial charge in [-0.15, -0.1) is 11.8 Å². The van der Waals surface area contributed by atoms with Crippen LogP contribution in [0.15, 0.2) is 29.2 Å². The zero-order valence-electron chi connectivity index (χ0n) is 12.1. The first-order chi connectivity index (χ1) is 9.56. The van der Waals surface area contributed by atoms with Gasteiger partial charge in [0.05, 0.1) is 7.11 Å². The maximum atomic E-state index is 11.7. The molecule has 0 saturated heterocycles. The summed E-state index contributed by atoms with van der Waals surface area (Å²) in [6.45, 7) is 3.57. The van der Waals surface area contributed by atoms with Crippen molar-refractivity contribution in [2.75, 3.05) is 12.4 Å². The molecule has 1 rings (SSSR count). The van der Waals surface area contributed by atoms with Crippen LogP contribution in [0.25, 0.3) is 0 Å². The van der Waals surface area contributed by atoms with Crippen molar-refractivity contribution in [3.63, 3.8) is 0 Å². The van der Waals surface area contributed by atoms with E-state index in [1.165, 1.54) is 25.8 Å². The highest BCUT2D eigenvalue weighted by atomic mass is 32.2. The summed E-state index contributed by atoms with van der Waals surface area (Å²) in [5.74, 6) is -0.282. The number of rotatable bonds is 7. The van der Waals surface area contributed by atoms with E-state index in [2.05, 4.69) is 12.2 Å². The van der Waals surface area contributed by atoms with Gasteiger partial charge >= 0.3 is 5.97 Å². The molecule has 110 valence electrons. The predicted molar refractivity (Wildman–Crippen MR) is 81.9 cm³/mol. The first-order valence-electron chi connectivity index (χ1n) is 6.69. The van der Waals surface area contributed by atoms with Crippen molar-refractivity contribution < 1.29 is 14.3 Å². The SMILES string of the molecule is CCCCC(Sc1ccc(NC(C)=O)cc1)C(=O)OC. The molecule has 0 bridgehead atoms. The summed E-state index contributed by atoms with van der Waals surface area (Å²) in [5, 5.41) is 2.54. The molecule has 0 radical (unpaired) electrons. The maximum absolute atomic E-state index is 11.7. The number of anilines is 1. The second-order valence-corrected chi connectivity index (χ2v) is 5.75. The van der Waals surface area contributed by atoms with Gasteiger partial charge in [-0.25, -0.2) is 0 Å². The lowest BCUT2D eigenvalue weighted by Crippen LogP contribution is -2.18. The molecule has 1 aromatic carbocycles. The van der Waals surface area contributed by atoms with Gasteiger partial charge in [-0.2, -0.15) is 0 Å². The average molecular weight is 295 g/mol. The minimum absolute atomic E-state index is 0.0965. The van der Waals surface area contributed by atoms with Crippen molar-refractivity contribution >= 4 is 29.3 Å². The molecule has 0 fully saturated rings. The van der Waals surface area contributed by atoms with Gasteiger partial charge in [0.2, 0.25) is 5.91 Å². The maximum Gasteiger partial charge on any atom is 0.319 e. The van der Waals surface area contributed by atoms with E-state index in [9.17, 15) is 9.59 Å². The van der Waals surface area contributed by atoms with Crippen molar-refractivity contribution in [3.8, 4) is 0 Å². The lowest BCUT2D eigenvalue weighted by molar-refractivity contribution is -0.140. The third kappa shape index (κ3) is 5.65. The molecule has 5 heteroatoms. The number of amides is 1. The highest BCUT2D eigenvalue weighted by Crippen LogP contribution is 2.28. The fourth-order valence-corrected chi connectivity index (χ4v) is 2.83. The molecule has 4 nitrogen and oxygen atoms in total. The molecule has 0 aromatic heterocycles. The average Bonchev–Trinajstić information content (AvgIpc) is 2.43. The minimum Gasteiger partial charge on any atom is -0.468 e. The van der Waals surface area contributed by atoms with Gasteiger partial charge < -0.3 is 10.1 Å². The quantitative estimate of drug-likeness (QED) is 0.618. The van der Waals surface area contributed by atoms with Gasteiger partial charge in [-0.3, -0.25) is 9.59 Å². The van der Waals surface area contributed by atoms with Gasteiger partial charge in [-0.1, -0.05) is 19.8 Å². The summed E-state index contributed by atoms with van der Waals surface area (Å²) < 4.78 is 4.84. The Morgan fingerprint density at radius 2 is 1.95 bits per heavy atom. The summed E-state index contributed by atoms with van der Waals surface area (Å²) in [5.41, 5.74) is 0.755. The molecule has 20 heavy (non-hydrogen) atoms. The van der Waals surface area contributed by atoms with Gasteiger partial charge in [0.15, 0.2) is 0 Å². The van der Waals surface area contributed by atoms with E-state index in [0.717, 1.165) is 29.8 Å².